The Balaban J connectivity index is 1.98. The van der Waals surface area contributed by atoms with Gasteiger partial charge in [-0.3, -0.25) is 0 Å². The first kappa shape index (κ1) is 12.1. The summed E-state index contributed by atoms with van der Waals surface area (Å²) in [5.41, 5.74) is 1.19. The molecule has 0 saturated heterocycles. The van der Waals surface area contributed by atoms with Crippen LogP contribution in [0.2, 0.25) is 0 Å². The Morgan fingerprint density at radius 2 is 2.12 bits per heavy atom. The molecule has 1 aliphatic carbocycles. The molecule has 0 aliphatic heterocycles. The van der Waals surface area contributed by atoms with E-state index < -0.39 is 0 Å². The average Bonchev–Trinajstić information content (AvgIpc) is 2.65. The summed E-state index contributed by atoms with van der Waals surface area (Å²) >= 11 is 1.67. The van der Waals surface area contributed by atoms with Crippen molar-refractivity contribution < 1.29 is 5.11 Å². The average molecular weight is 239 g/mol. The summed E-state index contributed by atoms with van der Waals surface area (Å²) in [5, 5.41) is 13.5. The van der Waals surface area contributed by atoms with E-state index in [4.69, 9.17) is 0 Å². The predicted octanol–water partition coefficient (Wildman–Crippen LogP) is 3.33. The monoisotopic (exact) mass is 239 g/mol. The molecular formula is C13H21NOS. The van der Waals surface area contributed by atoms with Crippen LogP contribution in [0, 0.1) is 12.3 Å². The highest BCUT2D eigenvalue weighted by molar-refractivity contribution is 7.09. The van der Waals surface area contributed by atoms with Gasteiger partial charge < -0.3 is 5.11 Å². The standard InChI is InChI=1S/C13H21NOS/c1-10-9-16-12(14-10)8-11(15)13(2)6-4-3-5-7-13/h9,11,15H,3-8H2,1-2H3. The molecule has 1 N–H and O–H groups in total. The Morgan fingerprint density at radius 3 is 2.69 bits per heavy atom. The third kappa shape index (κ3) is 2.64. The number of aliphatic hydroxyl groups is 1. The molecule has 1 aromatic rings. The Hall–Kier alpha value is -0.410. The minimum atomic E-state index is -0.224. The zero-order valence-electron chi connectivity index (χ0n) is 10.2. The molecule has 90 valence electrons. The maximum absolute atomic E-state index is 10.4. The third-order valence-electron chi connectivity index (χ3n) is 3.83. The smallest absolute Gasteiger partial charge is 0.0954 e. The molecule has 16 heavy (non-hydrogen) atoms. The van der Waals surface area contributed by atoms with Crippen LogP contribution in [0.3, 0.4) is 0 Å². The lowest BCUT2D eigenvalue weighted by Crippen LogP contribution is -2.35. The van der Waals surface area contributed by atoms with Crippen LogP contribution in [0.15, 0.2) is 5.38 Å². The number of nitrogens with zero attached hydrogens (tertiary/aromatic N) is 1. The SMILES string of the molecule is Cc1csc(CC(O)C2(C)CCCCC2)n1. The van der Waals surface area contributed by atoms with Crippen LogP contribution in [0.5, 0.6) is 0 Å². The zero-order valence-corrected chi connectivity index (χ0v) is 11.0. The van der Waals surface area contributed by atoms with Crippen LogP contribution in [-0.4, -0.2) is 16.2 Å². The molecule has 1 saturated carbocycles. The Kier molecular flexibility index (Phi) is 3.65. The molecule has 3 heteroatoms. The van der Waals surface area contributed by atoms with Crippen molar-refractivity contribution in [3.05, 3.63) is 16.1 Å². The van der Waals surface area contributed by atoms with E-state index in [0.717, 1.165) is 17.1 Å². The van der Waals surface area contributed by atoms with E-state index in [-0.39, 0.29) is 11.5 Å². The lowest BCUT2D eigenvalue weighted by Gasteiger charge is -2.37. The molecule has 2 rings (SSSR count). The Bertz CT molecular complexity index is 341. The van der Waals surface area contributed by atoms with Gasteiger partial charge in [-0.25, -0.2) is 4.98 Å². The van der Waals surface area contributed by atoms with Gasteiger partial charge in [0.25, 0.3) is 0 Å². The molecule has 0 bridgehead atoms. The highest BCUT2D eigenvalue weighted by atomic mass is 32.1. The van der Waals surface area contributed by atoms with Gasteiger partial charge in [0.15, 0.2) is 0 Å². The second kappa shape index (κ2) is 4.84. The van der Waals surface area contributed by atoms with Crippen LogP contribution < -0.4 is 0 Å². The summed E-state index contributed by atoms with van der Waals surface area (Å²) in [6.45, 7) is 4.24. The molecule has 1 atom stereocenters. The third-order valence-corrected chi connectivity index (χ3v) is 4.82. The van der Waals surface area contributed by atoms with Gasteiger partial charge in [-0.2, -0.15) is 0 Å². The Morgan fingerprint density at radius 1 is 1.44 bits per heavy atom. The Labute approximate surface area is 102 Å². The van der Waals surface area contributed by atoms with E-state index in [1.54, 1.807) is 11.3 Å². The van der Waals surface area contributed by atoms with Crippen LogP contribution in [-0.2, 0) is 6.42 Å². The molecule has 2 nitrogen and oxygen atoms in total. The molecule has 1 fully saturated rings. The molecule has 1 unspecified atom stereocenters. The van der Waals surface area contributed by atoms with Crippen molar-refractivity contribution >= 4 is 11.3 Å². The molecule has 1 heterocycles. The number of aromatic nitrogens is 1. The summed E-state index contributed by atoms with van der Waals surface area (Å²) in [5.74, 6) is 0. The maximum Gasteiger partial charge on any atom is 0.0954 e. The fraction of sp³-hybridized carbons (Fsp3) is 0.769. The molecular weight excluding hydrogens is 218 g/mol. The van der Waals surface area contributed by atoms with Gasteiger partial charge >= 0.3 is 0 Å². The summed E-state index contributed by atoms with van der Waals surface area (Å²) < 4.78 is 0. The number of hydrogen-bond donors (Lipinski definition) is 1. The summed E-state index contributed by atoms with van der Waals surface area (Å²) in [4.78, 5) is 4.44. The summed E-state index contributed by atoms with van der Waals surface area (Å²) in [7, 11) is 0. The first-order valence-electron chi connectivity index (χ1n) is 6.19. The molecule has 0 radical (unpaired) electrons. The fourth-order valence-electron chi connectivity index (χ4n) is 2.60. The van der Waals surface area contributed by atoms with Crippen LogP contribution in [0.4, 0.5) is 0 Å². The van der Waals surface area contributed by atoms with Crippen molar-refractivity contribution in [2.75, 3.05) is 0 Å². The summed E-state index contributed by atoms with van der Waals surface area (Å²) in [6.07, 6.45) is 6.71. The topological polar surface area (TPSA) is 33.1 Å². The minimum Gasteiger partial charge on any atom is -0.392 e. The van der Waals surface area contributed by atoms with Crippen LogP contribution in [0.1, 0.15) is 49.7 Å². The van der Waals surface area contributed by atoms with Crippen LogP contribution >= 0.6 is 11.3 Å². The first-order valence-corrected chi connectivity index (χ1v) is 7.07. The van der Waals surface area contributed by atoms with Gasteiger partial charge in [-0.1, -0.05) is 26.2 Å². The van der Waals surface area contributed by atoms with Gasteiger partial charge in [-0.15, -0.1) is 11.3 Å². The van der Waals surface area contributed by atoms with E-state index in [1.807, 2.05) is 6.92 Å². The van der Waals surface area contributed by atoms with E-state index in [1.165, 1.54) is 32.1 Å². The molecule has 0 spiro atoms. The number of thiazole rings is 1. The van der Waals surface area contributed by atoms with E-state index in [9.17, 15) is 5.11 Å². The van der Waals surface area contributed by atoms with Gasteiger partial charge in [-0.05, 0) is 25.2 Å². The summed E-state index contributed by atoms with van der Waals surface area (Å²) in [6, 6.07) is 0. The van der Waals surface area contributed by atoms with Crippen molar-refractivity contribution in [3.8, 4) is 0 Å². The second-order valence-corrected chi connectivity index (χ2v) is 6.26. The van der Waals surface area contributed by atoms with Crippen LogP contribution in [0.25, 0.3) is 0 Å². The van der Waals surface area contributed by atoms with Crippen molar-refractivity contribution in [3.63, 3.8) is 0 Å². The van der Waals surface area contributed by atoms with E-state index in [2.05, 4.69) is 17.3 Å². The van der Waals surface area contributed by atoms with Gasteiger partial charge in [0.2, 0.25) is 0 Å². The van der Waals surface area contributed by atoms with Gasteiger partial charge in [0.05, 0.1) is 11.1 Å². The largest absolute Gasteiger partial charge is 0.392 e. The highest BCUT2D eigenvalue weighted by Crippen LogP contribution is 2.39. The van der Waals surface area contributed by atoms with Crippen molar-refractivity contribution in [1.82, 2.24) is 4.98 Å². The van der Waals surface area contributed by atoms with Gasteiger partial charge in [0.1, 0.15) is 0 Å². The predicted molar refractivity (Wildman–Crippen MR) is 67.8 cm³/mol. The van der Waals surface area contributed by atoms with Crippen molar-refractivity contribution in [2.45, 2.75) is 58.5 Å². The first-order chi connectivity index (χ1) is 7.60. The minimum absolute atomic E-state index is 0.123. The zero-order chi connectivity index (χ0) is 11.6. The normalized spacial score (nSPS) is 21.9. The fourth-order valence-corrected chi connectivity index (χ4v) is 3.41. The maximum atomic E-state index is 10.4. The number of aliphatic hydroxyl groups excluding tert-OH is 1. The van der Waals surface area contributed by atoms with E-state index >= 15 is 0 Å². The lowest BCUT2D eigenvalue weighted by molar-refractivity contribution is 0.0104. The number of rotatable bonds is 3. The lowest BCUT2D eigenvalue weighted by atomic mass is 9.71. The molecule has 0 amide bonds. The van der Waals surface area contributed by atoms with Crippen molar-refractivity contribution in [2.24, 2.45) is 5.41 Å². The van der Waals surface area contributed by atoms with Crippen molar-refractivity contribution in [1.29, 1.82) is 0 Å². The molecule has 1 aliphatic rings. The van der Waals surface area contributed by atoms with E-state index in [0.29, 0.717) is 0 Å². The second-order valence-electron chi connectivity index (χ2n) is 5.32. The molecule has 1 aromatic heterocycles. The number of hydrogen-bond acceptors (Lipinski definition) is 3. The molecule has 0 aromatic carbocycles. The highest BCUT2D eigenvalue weighted by Gasteiger charge is 2.34. The van der Waals surface area contributed by atoms with Gasteiger partial charge in [0, 0.05) is 17.5 Å². The quantitative estimate of drug-likeness (QED) is 0.877. The number of aryl methyl sites for hydroxylation is 1.